The smallest absolute Gasteiger partial charge is 0.275 e. The van der Waals surface area contributed by atoms with Crippen LogP contribution in [0.15, 0.2) is 30.5 Å². The lowest BCUT2D eigenvalue weighted by Crippen LogP contribution is -2.14. The molecule has 2 N–H and O–H groups in total. The van der Waals surface area contributed by atoms with E-state index in [0.29, 0.717) is 22.9 Å². The Balaban J connectivity index is 1.86. The van der Waals surface area contributed by atoms with Crippen molar-refractivity contribution in [3.63, 3.8) is 0 Å². The first kappa shape index (κ1) is 16.5. The van der Waals surface area contributed by atoms with Gasteiger partial charge in [-0.1, -0.05) is 41.4 Å². The monoisotopic (exact) mass is 363 g/mol. The van der Waals surface area contributed by atoms with E-state index in [2.05, 4.69) is 20.6 Å². The summed E-state index contributed by atoms with van der Waals surface area (Å²) in [7, 11) is 0. The zero-order chi connectivity index (χ0) is 17.3. The van der Waals surface area contributed by atoms with Gasteiger partial charge in [-0.2, -0.15) is 10.2 Å². The van der Waals surface area contributed by atoms with Crippen LogP contribution in [0.1, 0.15) is 27.4 Å². The number of halogens is 2. The summed E-state index contributed by atoms with van der Waals surface area (Å²) in [6.07, 6.45) is 1.39. The SMILES string of the molecule is Cc1nn(Cc2ccccc2Cl)c(C)c1NC(=O)c1[nH]ncc1Cl. The van der Waals surface area contributed by atoms with Gasteiger partial charge in [-0.25, -0.2) is 0 Å². The maximum atomic E-state index is 12.3. The Morgan fingerprint density at radius 1 is 1.25 bits per heavy atom. The van der Waals surface area contributed by atoms with Crippen LogP contribution in [0.3, 0.4) is 0 Å². The molecule has 0 atom stereocenters. The van der Waals surface area contributed by atoms with Crippen LogP contribution in [0, 0.1) is 13.8 Å². The maximum Gasteiger partial charge on any atom is 0.275 e. The molecule has 1 aromatic carbocycles. The van der Waals surface area contributed by atoms with E-state index in [1.165, 1.54) is 6.20 Å². The van der Waals surface area contributed by atoms with Gasteiger partial charge in [0.15, 0.2) is 0 Å². The molecule has 0 saturated heterocycles. The van der Waals surface area contributed by atoms with E-state index in [0.717, 1.165) is 11.3 Å². The standard InChI is InChI=1S/C16H15Cl2N5O/c1-9-14(20-16(24)15-13(18)7-19-21-15)10(2)23(22-9)8-11-5-3-4-6-12(11)17/h3-7H,8H2,1-2H3,(H,19,21)(H,20,24). The first-order valence-corrected chi connectivity index (χ1v) is 8.00. The van der Waals surface area contributed by atoms with E-state index in [1.54, 1.807) is 4.68 Å². The predicted octanol–water partition coefficient (Wildman–Crippen LogP) is 3.83. The lowest BCUT2D eigenvalue weighted by atomic mass is 10.2. The minimum Gasteiger partial charge on any atom is -0.317 e. The second-order valence-corrected chi connectivity index (χ2v) is 6.16. The molecule has 0 bridgehead atoms. The average Bonchev–Trinajstić information content (AvgIpc) is 3.08. The molecule has 0 unspecified atom stereocenters. The molecule has 0 aliphatic heterocycles. The van der Waals surface area contributed by atoms with Gasteiger partial charge in [-0.05, 0) is 25.5 Å². The summed E-state index contributed by atoms with van der Waals surface area (Å²) in [4.78, 5) is 12.3. The highest BCUT2D eigenvalue weighted by atomic mass is 35.5. The van der Waals surface area contributed by atoms with Gasteiger partial charge >= 0.3 is 0 Å². The highest BCUT2D eigenvalue weighted by molar-refractivity contribution is 6.34. The fourth-order valence-electron chi connectivity index (χ4n) is 2.43. The van der Waals surface area contributed by atoms with Crippen molar-refractivity contribution in [3.05, 3.63) is 63.2 Å². The average molecular weight is 364 g/mol. The molecule has 24 heavy (non-hydrogen) atoms. The molecule has 124 valence electrons. The molecular formula is C16H15Cl2N5O. The summed E-state index contributed by atoms with van der Waals surface area (Å²) in [5.74, 6) is -0.360. The Hall–Kier alpha value is -2.31. The predicted molar refractivity (Wildman–Crippen MR) is 93.8 cm³/mol. The number of nitrogens with zero attached hydrogens (tertiary/aromatic N) is 3. The van der Waals surface area contributed by atoms with Gasteiger partial charge in [0, 0.05) is 5.02 Å². The largest absolute Gasteiger partial charge is 0.317 e. The van der Waals surface area contributed by atoms with Crippen molar-refractivity contribution in [1.29, 1.82) is 0 Å². The Labute approximate surface area is 148 Å². The minimum atomic E-state index is -0.360. The van der Waals surface area contributed by atoms with Crippen LogP contribution in [0.4, 0.5) is 5.69 Å². The molecule has 0 fully saturated rings. The maximum absolute atomic E-state index is 12.3. The number of aromatic nitrogens is 4. The van der Waals surface area contributed by atoms with Crippen LogP contribution in [0.2, 0.25) is 10.0 Å². The van der Waals surface area contributed by atoms with Crippen LogP contribution in [-0.2, 0) is 6.54 Å². The number of carbonyl (C=O) groups is 1. The van der Waals surface area contributed by atoms with Gasteiger partial charge in [0.2, 0.25) is 0 Å². The molecule has 0 saturated carbocycles. The molecule has 0 radical (unpaired) electrons. The second kappa shape index (κ2) is 6.67. The summed E-state index contributed by atoms with van der Waals surface area (Å²) >= 11 is 12.1. The molecule has 2 heterocycles. The molecule has 3 aromatic rings. The first-order chi connectivity index (χ1) is 11.5. The van der Waals surface area contributed by atoms with Gasteiger partial charge in [-0.15, -0.1) is 0 Å². The fourth-order valence-corrected chi connectivity index (χ4v) is 2.80. The van der Waals surface area contributed by atoms with E-state index in [-0.39, 0.29) is 16.6 Å². The van der Waals surface area contributed by atoms with E-state index in [1.807, 2.05) is 38.1 Å². The molecule has 0 spiro atoms. The van der Waals surface area contributed by atoms with E-state index in [9.17, 15) is 4.79 Å². The van der Waals surface area contributed by atoms with Crippen molar-refractivity contribution in [1.82, 2.24) is 20.0 Å². The summed E-state index contributed by atoms with van der Waals surface area (Å²) < 4.78 is 1.81. The third-order valence-corrected chi connectivity index (χ3v) is 4.37. The molecule has 2 aromatic heterocycles. The van der Waals surface area contributed by atoms with E-state index >= 15 is 0 Å². The van der Waals surface area contributed by atoms with E-state index < -0.39 is 0 Å². The summed E-state index contributed by atoms with van der Waals surface area (Å²) in [5, 5.41) is 14.6. The van der Waals surface area contributed by atoms with Crippen molar-refractivity contribution >= 4 is 34.8 Å². The van der Waals surface area contributed by atoms with Gasteiger partial charge in [0.1, 0.15) is 5.69 Å². The van der Waals surface area contributed by atoms with Crippen LogP contribution in [0.5, 0.6) is 0 Å². The lowest BCUT2D eigenvalue weighted by Gasteiger charge is -2.08. The van der Waals surface area contributed by atoms with Gasteiger partial charge in [0.25, 0.3) is 5.91 Å². The zero-order valence-electron chi connectivity index (χ0n) is 13.1. The van der Waals surface area contributed by atoms with Crippen molar-refractivity contribution < 1.29 is 4.79 Å². The molecule has 0 aliphatic carbocycles. The molecule has 8 heteroatoms. The normalized spacial score (nSPS) is 10.8. The number of carbonyl (C=O) groups excluding carboxylic acids is 1. The molecule has 6 nitrogen and oxygen atoms in total. The molecular weight excluding hydrogens is 349 g/mol. The summed E-state index contributed by atoms with van der Waals surface area (Å²) in [5.41, 5.74) is 3.37. The highest BCUT2D eigenvalue weighted by Crippen LogP contribution is 2.24. The second-order valence-electron chi connectivity index (χ2n) is 5.34. The van der Waals surface area contributed by atoms with Crippen LogP contribution >= 0.6 is 23.2 Å². The Bertz CT molecular complexity index is 900. The highest BCUT2D eigenvalue weighted by Gasteiger charge is 2.18. The number of amides is 1. The van der Waals surface area contributed by atoms with E-state index in [4.69, 9.17) is 23.2 Å². The van der Waals surface area contributed by atoms with Crippen molar-refractivity contribution in [3.8, 4) is 0 Å². The number of anilines is 1. The molecule has 0 aliphatic rings. The van der Waals surface area contributed by atoms with Crippen molar-refractivity contribution in [2.45, 2.75) is 20.4 Å². The number of rotatable bonds is 4. The Morgan fingerprint density at radius 2 is 2.00 bits per heavy atom. The number of hydrogen-bond acceptors (Lipinski definition) is 3. The number of H-pyrrole nitrogens is 1. The third kappa shape index (κ3) is 3.16. The summed E-state index contributed by atoms with van der Waals surface area (Å²) in [6, 6.07) is 7.59. The zero-order valence-corrected chi connectivity index (χ0v) is 14.6. The first-order valence-electron chi connectivity index (χ1n) is 7.25. The topological polar surface area (TPSA) is 75.6 Å². The number of nitrogens with one attached hydrogen (secondary N) is 2. The van der Waals surface area contributed by atoms with Crippen molar-refractivity contribution in [2.24, 2.45) is 0 Å². The molecule has 1 amide bonds. The van der Waals surface area contributed by atoms with Crippen molar-refractivity contribution in [2.75, 3.05) is 5.32 Å². The Kier molecular flexibility index (Phi) is 4.59. The van der Waals surface area contributed by atoms with Gasteiger partial charge in [0.05, 0.1) is 34.8 Å². The number of aromatic amines is 1. The number of aryl methyl sites for hydroxylation is 1. The number of hydrogen-bond donors (Lipinski definition) is 2. The molecule has 3 rings (SSSR count). The van der Waals surface area contributed by atoms with Crippen LogP contribution in [-0.4, -0.2) is 25.9 Å². The number of benzene rings is 1. The fraction of sp³-hybridized carbons (Fsp3) is 0.188. The summed E-state index contributed by atoms with van der Waals surface area (Å²) in [6.45, 7) is 4.24. The minimum absolute atomic E-state index is 0.217. The van der Waals surface area contributed by atoms with Gasteiger partial charge < -0.3 is 5.32 Å². The quantitative estimate of drug-likeness (QED) is 0.739. The van der Waals surface area contributed by atoms with Crippen LogP contribution in [0.25, 0.3) is 0 Å². The Morgan fingerprint density at radius 3 is 2.67 bits per heavy atom. The lowest BCUT2D eigenvalue weighted by molar-refractivity contribution is 0.102. The third-order valence-electron chi connectivity index (χ3n) is 3.72. The van der Waals surface area contributed by atoms with Crippen LogP contribution < -0.4 is 5.32 Å². The van der Waals surface area contributed by atoms with Gasteiger partial charge in [-0.3, -0.25) is 14.6 Å².